The van der Waals surface area contributed by atoms with Gasteiger partial charge in [0, 0.05) is 12.1 Å². The average molecular weight is 227 g/mol. The zero-order valence-electron chi connectivity index (χ0n) is 9.12. The number of nitrogens with one attached hydrogen (secondary N) is 1. The lowest BCUT2D eigenvalue weighted by atomic mass is 9.95. The zero-order valence-corrected chi connectivity index (χ0v) is 9.93. The van der Waals surface area contributed by atoms with E-state index in [1.54, 1.807) is 6.07 Å². The lowest BCUT2D eigenvalue weighted by Crippen LogP contribution is -2.45. The van der Waals surface area contributed by atoms with E-state index in [9.17, 15) is 4.79 Å². The number of amides is 1. The summed E-state index contributed by atoms with van der Waals surface area (Å²) in [5, 5.41) is 13.8. The Hall–Kier alpha value is -0.870. The lowest BCUT2D eigenvalue weighted by molar-refractivity contribution is 0.0890. The topological polar surface area (TPSA) is 49.3 Å². The molecule has 0 saturated carbocycles. The Balaban J connectivity index is 2.63. The first kappa shape index (κ1) is 12.2. The Labute approximate surface area is 94.1 Å². The van der Waals surface area contributed by atoms with Gasteiger partial charge in [-0.15, -0.1) is 11.3 Å². The van der Waals surface area contributed by atoms with Crippen molar-refractivity contribution in [3.8, 4) is 0 Å². The molecule has 0 aromatic carbocycles. The second-order valence-corrected chi connectivity index (χ2v) is 4.77. The Morgan fingerprint density at radius 3 is 2.87 bits per heavy atom. The summed E-state index contributed by atoms with van der Waals surface area (Å²) in [6.07, 6.45) is 1.39. The van der Waals surface area contributed by atoms with Gasteiger partial charge in [-0.3, -0.25) is 4.79 Å². The molecule has 4 heteroatoms. The molecule has 3 nitrogen and oxygen atoms in total. The van der Waals surface area contributed by atoms with Crippen LogP contribution in [0.15, 0.2) is 17.5 Å². The molecule has 1 aromatic rings. The molecule has 1 aromatic heterocycles. The van der Waals surface area contributed by atoms with Crippen molar-refractivity contribution in [3.63, 3.8) is 0 Å². The third kappa shape index (κ3) is 3.32. The lowest BCUT2D eigenvalue weighted by Gasteiger charge is -2.28. The quantitative estimate of drug-likeness (QED) is 0.808. The van der Waals surface area contributed by atoms with Crippen molar-refractivity contribution < 1.29 is 9.90 Å². The van der Waals surface area contributed by atoms with Crippen molar-refractivity contribution in [2.75, 3.05) is 6.61 Å². The van der Waals surface area contributed by atoms with Crippen LogP contribution >= 0.6 is 11.3 Å². The highest BCUT2D eigenvalue weighted by Gasteiger charge is 2.24. The first-order valence-corrected chi connectivity index (χ1v) is 5.96. The summed E-state index contributed by atoms with van der Waals surface area (Å²) in [7, 11) is 0. The van der Waals surface area contributed by atoms with Gasteiger partial charge in [0.2, 0.25) is 0 Å². The predicted octanol–water partition coefficient (Wildman–Crippen LogP) is 2.03. The Morgan fingerprint density at radius 1 is 1.67 bits per heavy atom. The summed E-state index contributed by atoms with van der Waals surface area (Å²) in [4.78, 5) is 12.5. The number of aliphatic hydroxyl groups excluding tert-OH is 1. The number of carbonyl (C=O) groups is 1. The average Bonchev–Trinajstić information content (AvgIpc) is 2.71. The number of carbonyl (C=O) groups excluding carboxylic acids is 1. The normalized spacial score (nSPS) is 14.6. The van der Waals surface area contributed by atoms with Crippen molar-refractivity contribution >= 4 is 17.2 Å². The summed E-state index contributed by atoms with van der Waals surface area (Å²) in [6.45, 7) is 4.05. The molecule has 0 saturated heterocycles. The van der Waals surface area contributed by atoms with Crippen LogP contribution in [0, 0.1) is 0 Å². The van der Waals surface area contributed by atoms with Crippen LogP contribution < -0.4 is 5.32 Å². The number of thiophene rings is 1. The van der Waals surface area contributed by atoms with Gasteiger partial charge in [0.25, 0.3) is 5.91 Å². The molecule has 0 aliphatic carbocycles. The van der Waals surface area contributed by atoms with E-state index < -0.39 is 0 Å². The SMILES string of the molecule is CCC(C)(CCO)NC(=O)c1cccs1. The van der Waals surface area contributed by atoms with Crippen LogP contribution in [0.2, 0.25) is 0 Å². The standard InChI is InChI=1S/C11H17NO2S/c1-3-11(2,6-7-13)12-10(14)9-5-4-8-15-9/h4-5,8,13H,3,6-7H2,1-2H3,(H,12,14). The molecule has 0 spiro atoms. The minimum atomic E-state index is -0.310. The van der Waals surface area contributed by atoms with Gasteiger partial charge >= 0.3 is 0 Å². The van der Waals surface area contributed by atoms with Crippen LogP contribution in [0.25, 0.3) is 0 Å². The first-order valence-electron chi connectivity index (χ1n) is 5.08. The second kappa shape index (κ2) is 5.28. The van der Waals surface area contributed by atoms with Gasteiger partial charge in [-0.25, -0.2) is 0 Å². The van der Waals surface area contributed by atoms with Gasteiger partial charge in [-0.1, -0.05) is 13.0 Å². The molecule has 0 aliphatic heterocycles. The largest absolute Gasteiger partial charge is 0.396 e. The molecule has 0 radical (unpaired) electrons. The van der Waals surface area contributed by atoms with Gasteiger partial charge < -0.3 is 10.4 Å². The third-order valence-electron chi connectivity index (χ3n) is 2.60. The van der Waals surface area contributed by atoms with Gasteiger partial charge in [-0.05, 0) is 31.2 Å². The van der Waals surface area contributed by atoms with Crippen LogP contribution in [0.4, 0.5) is 0 Å². The number of hydrogen-bond acceptors (Lipinski definition) is 3. The second-order valence-electron chi connectivity index (χ2n) is 3.82. The number of aliphatic hydroxyl groups is 1. The van der Waals surface area contributed by atoms with E-state index in [1.807, 2.05) is 25.3 Å². The number of rotatable bonds is 5. The Bertz CT molecular complexity index is 310. The van der Waals surface area contributed by atoms with E-state index in [0.717, 1.165) is 6.42 Å². The fourth-order valence-corrected chi connectivity index (χ4v) is 1.94. The molecule has 1 heterocycles. The van der Waals surface area contributed by atoms with Gasteiger partial charge in [0.05, 0.1) is 4.88 Å². The molecule has 1 unspecified atom stereocenters. The summed E-state index contributed by atoms with van der Waals surface area (Å²) < 4.78 is 0. The van der Waals surface area contributed by atoms with Crippen molar-refractivity contribution in [2.45, 2.75) is 32.2 Å². The van der Waals surface area contributed by atoms with Gasteiger partial charge in [-0.2, -0.15) is 0 Å². The molecule has 15 heavy (non-hydrogen) atoms. The van der Waals surface area contributed by atoms with Gasteiger partial charge in [0.1, 0.15) is 0 Å². The monoisotopic (exact) mass is 227 g/mol. The third-order valence-corrected chi connectivity index (χ3v) is 3.47. The van der Waals surface area contributed by atoms with Crippen LogP contribution in [0.1, 0.15) is 36.4 Å². The maximum Gasteiger partial charge on any atom is 0.261 e. The van der Waals surface area contributed by atoms with E-state index in [2.05, 4.69) is 5.32 Å². The van der Waals surface area contributed by atoms with E-state index >= 15 is 0 Å². The minimum absolute atomic E-state index is 0.0530. The van der Waals surface area contributed by atoms with Crippen molar-refractivity contribution in [3.05, 3.63) is 22.4 Å². The van der Waals surface area contributed by atoms with E-state index in [0.29, 0.717) is 11.3 Å². The van der Waals surface area contributed by atoms with Crippen LogP contribution in [0.5, 0.6) is 0 Å². The van der Waals surface area contributed by atoms with E-state index in [-0.39, 0.29) is 18.1 Å². The van der Waals surface area contributed by atoms with Crippen LogP contribution in [-0.4, -0.2) is 23.2 Å². The molecule has 0 aliphatic rings. The first-order chi connectivity index (χ1) is 7.11. The predicted molar refractivity (Wildman–Crippen MR) is 62.2 cm³/mol. The molecule has 0 fully saturated rings. The van der Waals surface area contributed by atoms with Crippen molar-refractivity contribution in [2.24, 2.45) is 0 Å². The summed E-state index contributed by atoms with van der Waals surface area (Å²) in [6, 6.07) is 3.66. The molecule has 0 bridgehead atoms. The molecule has 2 N–H and O–H groups in total. The minimum Gasteiger partial charge on any atom is -0.396 e. The van der Waals surface area contributed by atoms with Crippen LogP contribution in [-0.2, 0) is 0 Å². The molecular weight excluding hydrogens is 210 g/mol. The van der Waals surface area contributed by atoms with Crippen molar-refractivity contribution in [1.29, 1.82) is 0 Å². The maximum atomic E-state index is 11.8. The van der Waals surface area contributed by atoms with Gasteiger partial charge in [0.15, 0.2) is 0 Å². The fraction of sp³-hybridized carbons (Fsp3) is 0.545. The van der Waals surface area contributed by atoms with E-state index in [1.165, 1.54) is 11.3 Å². The molecule has 1 atom stereocenters. The zero-order chi connectivity index (χ0) is 11.3. The molecular formula is C11H17NO2S. The molecule has 1 amide bonds. The van der Waals surface area contributed by atoms with E-state index in [4.69, 9.17) is 5.11 Å². The summed E-state index contributed by atoms with van der Waals surface area (Å²) in [5.74, 6) is -0.0530. The van der Waals surface area contributed by atoms with Crippen molar-refractivity contribution in [1.82, 2.24) is 5.32 Å². The Kier molecular flexibility index (Phi) is 4.29. The maximum absolute atomic E-state index is 11.8. The highest BCUT2D eigenvalue weighted by molar-refractivity contribution is 7.12. The highest BCUT2D eigenvalue weighted by atomic mass is 32.1. The summed E-state index contributed by atoms with van der Waals surface area (Å²) in [5.41, 5.74) is -0.310. The van der Waals surface area contributed by atoms with Crippen LogP contribution in [0.3, 0.4) is 0 Å². The number of hydrogen-bond donors (Lipinski definition) is 2. The smallest absolute Gasteiger partial charge is 0.261 e. The highest BCUT2D eigenvalue weighted by Crippen LogP contribution is 2.16. The fourth-order valence-electron chi connectivity index (χ4n) is 1.32. The Morgan fingerprint density at radius 2 is 2.40 bits per heavy atom. The molecule has 1 rings (SSSR count). The summed E-state index contributed by atoms with van der Waals surface area (Å²) >= 11 is 1.43. The molecule has 84 valence electrons.